The molecule has 1 unspecified atom stereocenters. The summed E-state index contributed by atoms with van der Waals surface area (Å²) < 4.78 is 8.13. The Labute approximate surface area is 153 Å². The quantitative estimate of drug-likeness (QED) is 0.768. The smallest absolute Gasteiger partial charge is 0.137 e. The maximum atomic E-state index is 6.02. The zero-order valence-corrected chi connectivity index (χ0v) is 15.4. The number of aromatic amines is 1. The number of H-pyrrole nitrogens is 1. The molecular formula is C20H25N5O. The molecule has 1 atom stereocenters. The minimum absolute atomic E-state index is 0.126. The summed E-state index contributed by atoms with van der Waals surface area (Å²) in [5.74, 6) is 0.929. The van der Waals surface area contributed by atoms with E-state index in [0.717, 1.165) is 55.6 Å². The maximum absolute atomic E-state index is 6.02. The van der Waals surface area contributed by atoms with Gasteiger partial charge in [0.2, 0.25) is 0 Å². The van der Waals surface area contributed by atoms with E-state index in [4.69, 9.17) is 4.74 Å². The predicted molar refractivity (Wildman–Crippen MR) is 101 cm³/mol. The van der Waals surface area contributed by atoms with Gasteiger partial charge in [0.1, 0.15) is 5.82 Å². The lowest BCUT2D eigenvalue weighted by atomic mass is 10.1. The molecule has 1 fully saturated rings. The first-order valence-corrected chi connectivity index (χ1v) is 9.12. The Hall–Kier alpha value is -2.44. The molecule has 6 heteroatoms. The van der Waals surface area contributed by atoms with Crippen LogP contribution in [0.2, 0.25) is 0 Å². The standard InChI is InChI=1S/C20H25N5O/c1-15-16(2)23-20(22-15)18-5-3-17(4-6-18)19-13-24(11-12-26-19)9-10-25-8-7-21-14-25/h3-8,14,19H,9-13H2,1-2H3,(H,22,23). The van der Waals surface area contributed by atoms with Gasteiger partial charge in [-0.1, -0.05) is 24.3 Å². The van der Waals surface area contributed by atoms with Crippen molar-refractivity contribution in [3.63, 3.8) is 0 Å². The number of nitrogens with zero attached hydrogens (tertiary/aromatic N) is 4. The number of aryl methyl sites for hydroxylation is 2. The van der Waals surface area contributed by atoms with Crippen LogP contribution in [0, 0.1) is 13.8 Å². The van der Waals surface area contributed by atoms with Crippen molar-refractivity contribution < 1.29 is 4.74 Å². The van der Waals surface area contributed by atoms with Crippen LogP contribution in [-0.2, 0) is 11.3 Å². The molecule has 0 bridgehead atoms. The Morgan fingerprint density at radius 2 is 2.04 bits per heavy atom. The number of hydrogen-bond donors (Lipinski definition) is 1. The Bertz CT molecular complexity index is 818. The molecule has 4 rings (SSSR count). The van der Waals surface area contributed by atoms with Crippen molar-refractivity contribution in [2.24, 2.45) is 0 Å². The maximum Gasteiger partial charge on any atom is 0.137 e. The van der Waals surface area contributed by atoms with Crippen molar-refractivity contribution in [1.82, 2.24) is 24.4 Å². The number of nitrogens with one attached hydrogen (secondary N) is 1. The van der Waals surface area contributed by atoms with E-state index < -0.39 is 0 Å². The highest BCUT2D eigenvalue weighted by atomic mass is 16.5. The van der Waals surface area contributed by atoms with E-state index in [0.29, 0.717) is 0 Å². The summed E-state index contributed by atoms with van der Waals surface area (Å²) in [7, 11) is 0. The number of morpholine rings is 1. The fourth-order valence-electron chi connectivity index (χ4n) is 3.32. The third kappa shape index (κ3) is 3.71. The summed E-state index contributed by atoms with van der Waals surface area (Å²) in [6.45, 7) is 8.72. The Balaban J connectivity index is 1.40. The van der Waals surface area contributed by atoms with E-state index in [-0.39, 0.29) is 6.10 Å². The highest BCUT2D eigenvalue weighted by Crippen LogP contribution is 2.25. The zero-order chi connectivity index (χ0) is 17.9. The lowest BCUT2D eigenvalue weighted by Crippen LogP contribution is -2.39. The van der Waals surface area contributed by atoms with E-state index >= 15 is 0 Å². The van der Waals surface area contributed by atoms with Crippen molar-refractivity contribution >= 4 is 0 Å². The van der Waals surface area contributed by atoms with E-state index in [1.54, 1.807) is 0 Å². The summed E-state index contributed by atoms with van der Waals surface area (Å²) in [6, 6.07) is 8.57. The molecule has 1 aliphatic heterocycles. The van der Waals surface area contributed by atoms with Crippen LogP contribution < -0.4 is 0 Å². The molecule has 3 heterocycles. The summed E-state index contributed by atoms with van der Waals surface area (Å²) in [5, 5.41) is 0. The molecule has 0 aliphatic carbocycles. The van der Waals surface area contributed by atoms with Crippen LogP contribution in [0.5, 0.6) is 0 Å². The van der Waals surface area contributed by atoms with Crippen LogP contribution in [0.15, 0.2) is 43.0 Å². The van der Waals surface area contributed by atoms with Crippen molar-refractivity contribution in [2.75, 3.05) is 26.2 Å². The molecular weight excluding hydrogens is 326 g/mol. The highest BCUT2D eigenvalue weighted by molar-refractivity contribution is 5.56. The monoisotopic (exact) mass is 351 g/mol. The summed E-state index contributed by atoms with van der Waals surface area (Å²) in [5.41, 5.74) is 4.50. The molecule has 0 saturated carbocycles. The Kier molecular flexibility index (Phi) is 4.86. The number of rotatable bonds is 5. The van der Waals surface area contributed by atoms with Crippen LogP contribution in [0.1, 0.15) is 23.1 Å². The molecule has 2 aromatic heterocycles. The van der Waals surface area contributed by atoms with Gasteiger partial charge in [0.25, 0.3) is 0 Å². The van der Waals surface area contributed by atoms with Crippen LogP contribution >= 0.6 is 0 Å². The van der Waals surface area contributed by atoms with Gasteiger partial charge in [-0.05, 0) is 19.4 Å². The fourth-order valence-corrected chi connectivity index (χ4v) is 3.32. The normalized spacial score (nSPS) is 18.3. The SMILES string of the molecule is Cc1nc(-c2ccc(C3CN(CCn4ccnc4)CCO3)cc2)[nH]c1C. The number of aromatic nitrogens is 4. The number of benzene rings is 1. The van der Waals surface area contributed by atoms with Crippen molar-refractivity contribution in [2.45, 2.75) is 26.5 Å². The van der Waals surface area contributed by atoms with Crippen LogP contribution in [0.4, 0.5) is 0 Å². The molecule has 1 aliphatic rings. The summed E-state index contributed by atoms with van der Waals surface area (Å²) >= 11 is 0. The van der Waals surface area contributed by atoms with E-state index in [2.05, 4.69) is 55.6 Å². The van der Waals surface area contributed by atoms with E-state index in [9.17, 15) is 0 Å². The van der Waals surface area contributed by atoms with Crippen molar-refractivity contribution in [1.29, 1.82) is 0 Å². The van der Waals surface area contributed by atoms with Gasteiger partial charge in [0, 0.05) is 49.8 Å². The van der Waals surface area contributed by atoms with Gasteiger partial charge < -0.3 is 14.3 Å². The molecule has 136 valence electrons. The molecule has 3 aromatic rings. The third-order valence-electron chi connectivity index (χ3n) is 5.07. The molecule has 26 heavy (non-hydrogen) atoms. The number of imidazole rings is 2. The Morgan fingerprint density at radius 3 is 2.73 bits per heavy atom. The second-order valence-electron chi connectivity index (χ2n) is 6.88. The van der Waals surface area contributed by atoms with Gasteiger partial charge in [-0.25, -0.2) is 9.97 Å². The molecule has 6 nitrogen and oxygen atoms in total. The first-order valence-electron chi connectivity index (χ1n) is 9.12. The summed E-state index contributed by atoms with van der Waals surface area (Å²) in [4.78, 5) is 14.5. The molecule has 1 N–H and O–H groups in total. The lowest BCUT2D eigenvalue weighted by molar-refractivity contribution is -0.0308. The molecule has 1 aromatic carbocycles. The van der Waals surface area contributed by atoms with Crippen LogP contribution in [0.3, 0.4) is 0 Å². The van der Waals surface area contributed by atoms with Crippen LogP contribution in [0.25, 0.3) is 11.4 Å². The molecule has 0 spiro atoms. The average Bonchev–Trinajstić information content (AvgIpc) is 3.31. The largest absolute Gasteiger partial charge is 0.371 e. The number of hydrogen-bond acceptors (Lipinski definition) is 4. The number of ether oxygens (including phenoxy) is 1. The molecule has 0 amide bonds. The average molecular weight is 351 g/mol. The first-order chi connectivity index (χ1) is 12.7. The van der Waals surface area contributed by atoms with Gasteiger partial charge in [-0.3, -0.25) is 4.90 Å². The van der Waals surface area contributed by atoms with Gasteiger partial charge in [0.05, 0.1) is 24.7 Å². The fraction of sp³-hybridized carbons (Fsp3) is 0.400. The second kappa shape index (κ2) is 7.43. The predicted octanol–water partition coefficient (Wildman–Crippen LogP) is 2.96. The highest BCUT2D eigenvalue weighted by Gasteiger charge is 2.21. The van der Waals surface area contributed by atoms with Crippen molar-refractivity contribution in [3.8, 4) is 11.4 Å². The van der Waals surface area contributed by atoms with E-state index in [1.807, 2.05) is 25.6 Å². The summed E-state index contributed by atoms with van der Waals surface area (Å²) in [6.07, 6.45) is 5.83. The third-order valence-corrected chi connectivity index (χ3v) is 5.07. The second-order valence-corrected chi connectivity index (χ2v) is 6.88. The minimum atomic E-state index is 0.126. The lowest BCUT2D eigenvalue weighted by Gasteiger charge is -2.33. The first kappa shape index (κ1) is 17.0. The van der Waals surface area contributed by atoms with Crippen molar-refractivity contribution in [3.05, 3.63) is 59.9 Å². The van der Waals surface area contributed by atoms with Crippen LogP contribution in [-0.4, -0.2) is 50.7 Å². The van der Waals surface area contributed by atoms with Gasteiger partial charge >= 0.3 is 0 Å². The van der Waals surface area contributed by atoms with Gasteiger partial charge in [-0.15, -0.1) is 0 Å². The topological polar surface area (TPSA) is 59.0 Å². The van der Waals surface area contributed by atoms with Gasteiger partial charge in [-0.2, -0.15) is 0 Å². The zero-order valence-electron chi connectivity index (χ0n) is 15.4. The van der Waals surface area contributed by atoms with E-state index in [1.165, 1.54) is 5.56 Å². The van der Waals surface area contributed by atoms with Gasteiger partial charge in [0.15, 0.2) is 0 Å². The minimum Gasteiger partial charge on any atom is -0.371 e. The Morgan fingerprint density at radius 1 is 1.19 bits per heavy atom. The molecule has 1 saturated heterocycles. The molecule has 0 radical (unpaired) electrons.